The van der Waals surface area contributed by atoms with Gasteiger partial charge in [-0.25, -0.2) is 0 Å². The van der Waals surface area contributed by atoms with E-state index in [1.165, 1.54) is 24.8 Å². The molecule has 1 aliphatic rings. The number of hydrogen-bond donors (Lipinski definition) is 1. The van der Waals surface area contributed by atoms with E-state index in [1.807, 2.05) is 24.3 Å². The van der Waals surface area contributed by atoms with E-state index in [9.17, 15) is 5.11 Å². The van der Waals surface area contributed by atoms with Crippen molar-refractivity contribution < 1.29 is 5.11 Å². The highest BCUT2D eigenvalue weighted by Crippen LogP contribution is 2.24. The second-order valence-electron chi connectivity index (χ2n) is 6.86. The molecule has 1 saturated heterocycles. The molecule has 0 bridgehead atoms. The Bertz CT molecular complexity index is 613. The molecule has 0 saturated carbocycles. The Balaban J connectivity index is 1.49. The molecule has 1 heterocycles. The van der Waals surface area contributed by atoms with Gasteiger partial charge >= 0.3 is 0 Å². The number of aryl methyl sites for hydroxylation is 1. The predicted molar refractivity (Wildman–Crippen MR) is 100 cm³/mol. The first-order chi connectivity index (χ1) is 11.7. The molecule has 0 aromatic heterocycles. The molecule has 3 heteroatoms. The van der Waals surface area contributed by atoms with Crippen LogP contribution in [0.25, 0.3) is 0 Å². The summed E-state index contributed by atoms with van der Waals surface area (Å²) in [5.74, 6) is 0.733. The average Bonchev–Trinajstić information content (AvgIpc) is 2.62. The standard InChI is InChI=1S/C21H26ClNO/c22-20-12-10-19(11-13-20)21(24)16-23-14-4-7-18(15-23)9-8-17-5-2-1-3-6-17/h1-3,5-6,10-13,18,21,24H,4,7-9,14-16H2/t18-,21-/m0/s1. The summed E-state index contributed by atoms with van der Waals surface area (Å²) in [4.78, 5) is 2.42. The first-order valence-electron chi connectivity index (χ1n) is 8.90. The molecule has 0 aliphatic carbocycles. The summed E-state index contributed by atoms with van der Waals surface area (Å²) in [7, 11) is 0. The molecule has 128 valence electrons. The Kier molecular flexibility index (Phi) is 6.30. The predicted octanol–water partition coefficient (Wildman–Crippen LogP) is 4.72. The molecule has 24 heavy (non-hydrogen) atoms. The second-order valence-corrected chi connectivity index (χ2v) is 7.30. The van der Waals surface area contributed by atoms with Gasteiger partial charge in [-0.05, 0) is 61.4 Å². The van der Waals surface area contributed by atoms with E-state index in [1.54, 1.807) is 0 Å². The molecule has 0 radical (unpaired) electrons. The SMILES string of the molecule is O[C@@H](CN1CCC[C@@H](CCc2ccccc2)C1)c1ccc(Cl)cc1. The molecule has 1 fully saturated rings. The monoisotopic (exact) mass is 343 g/mol. The Morgan fingerprint density at radius 1 is 1.08 bits per heavy atom. The fourth-order valence-electron chi connectivity index (χ4n) is 3.60. The minimum absolute atomic E-state index is 0.435. The van der Waals surface area contributed by atoms with E-state index in [-0.39, 0.29) is 0 Å². The van der Waals surface area contributed by atoms with Crippen molar-refractivity contribution in [2.75, 3.05) is 19.6 Å². The van der Waals surface area contributed by atoms with Gasteiger partial charge in [-0.15, -0.1) is 0 Å². The minimum Gasteiger partial charge on any atom is -0.387 e. The summed E-state index contributed by atoms with van der Waals surface area (Å²) >= 11 is 5.92. The fourth-order valence-corrected chi connectivity index (χ4v) is 3.73. The van der Waals surface area contributed by atoms with Crippen molar-refractivity contribution in [3.63, 3.8) is 0 Å². The summed E-state index contributed by atoms with van der Waals surface area (Å²) in [6, 6.07) is 18.3. The Morgan fingerprint density at radius 3 is 2.58 bits per heavy atom. The first-order valence-corrected chi connectivity index (χ1v) is 9.28. The molecule has 1 N–H and O–H groups in total. The highest BCUT2D eigenvalue weighted by molar-refractivity contribution is 6.30. The zero-order valence-corrected chi connectivity index (χ0v) is 14.8. The molecule has 0 unspecified atom stereocenters. The maximum absolute atomic E-state index is 10.5. The smallest absolute Gasteiger partial charge is 0.0916 e. The highest BCUT2D eigenvalue weighted by Gasteiger charge is 2.22. The maximum atomic E-state index is 10.5. The van der Waals surface area contributed by atoms with Gasteiger partial charge in [-0.3, -0.25) is 0 Å². The molecule has 2 aromatic carbocycles. The maximum Gasteiger partial charge on any atom is 0.0916 e. The van der Waals surface area contributed by atoms with Gasteiger partial charge in [-0.2, -0.15) is 0 Å². The number of benzene rings is 2. The van der Waals surface area contributed by atoms with Crippen LogP contribution in [0.2, 0.25) is 5.02 Å². The van der Waals surface area contributed by atoms with Crippen LogP contribution in [0, 0.1) is 5.92 Å². The van der Waals surface area contributed by atoms with Crippen molar-refractivity contribution in [1.82, 2.24) is 4.90 Å². The lowest BCUT2D eigenvalue weighted by atomic mass is 9.91. The van der Waals surface area contributed by atoms with Gasteiger partial charge in [0.25, 0.3) is 0 Å². The molecule has 0 spiro atoms. The molecule has 1 aliphatic heterocycles. The topological polar surface area (TPSA) is 23.5 Å². The van der Waals surface area contributed by atoms with Crippen molar-refractivity contribution in [2.45, 2.75) is 31.8 Å². The Morgan fingerprint density at radius 2 is 1.83 bits per heavy atom. The van der Waals surface area contributed by atoms with Crippen molar-refractivity contribution in [3.05, 3.63) is 70.7 Å². The van der Waals surface area contributed by atoms with Crippen molar-refractivity contribution >= 4 is 11.6 Å². The number of likely N-dealkylation sites (tertiary alicyclic amines) is 1. The quantitative estimate of drug-likeness (QED) is 0.820. The number of nitrogens with zero attached hydrogens (tertiary/aromatic N) is 1. The van der Waals surface area contributed by atoms with Gasteiger partial charge in [-0.1, -0.05) is 54.1 Å². The normalized spacial score (nSPS) is 20.0. The lowest BCUT2D eigenvalue weighted by molar-refractivity contribution is 0.0827. The molecular weight excluding hydrogens is 318 g/mol. The lowest BCUT2D eigenvalue weighted by Crippen LogP contribution is -2.38. The zero-order chi connectivity index (χ0) is 16.8. The number of rotatable bonds is 6. The van der Waals surface area contributed by atoms with Crippen LogP contribution in [0.5, 0.6) is 0 Å². The summed E-state index contributed by atoms with van der Waals surface area (Å²) in [5.41, 5.74) is 2.38. The number of hydrogen-bond acceptors (Lipinski definition) is 2. The summed E-state index contributed by atoms with van der Waals surface area (Å²) in [6.07, 6.45) is 4.49. The largest absolute Gasteiger partial charge is 0.387 e. The van der Waals surface area contributed by atoms with E-state index >= 15 is 0 Å². The van der Waals surface area contributed by atoms with Crippen LogP contribution in [-0.4, -0.2) is 29.6 Å². The van der Waals surface area contributed by atoms with Crippen LogP contribution in [-0.2, 0) is 6.42 Å². The molecule has 2 atom stereocenters. The number of halogens is 1. The van der Waals surface area contributed by atoms with Crippen LogP contribution >= 0.6 is 11.6 Å². The number of β-amino-alcohol motifs (C(OH)–C–C–N with tert-alkyl or cyclic N) is 1. The van der Waals surface area contributed by atoms with Gasteiger partial charge in [0.05, 0.1) is 6.10 Å². The van der Waals surface area contributed by atoms with E-state index in [4.69, 9.17) is 11.6 Å². The highest BCUT2D eigenvalue weighted by atomic mass is 35.5. The third kappa shape index (κ3) is 5.07. The minimum atomic E-state index is -0.435. The third-order valence-electron chi connectivity index (χ3n) is 4.97. The molecule has 2 aromatic rings. The van der Waals surface area contributed by atoms with Gasteiger partial charge < -0.3 is 10.0 Å². The molecule has 2 nitrogen and oxygen atoms in total. The average molecular weight is 344 g/mol. The lowest BCUT2D eigenvalue weighted by Gasteiger charge is -2.34. The Labute approximate surface area is 150 Å². The van der Waals surface area contributed by atoms with Crippen LogP contribution in [0.4, 0.5) is 0 Å². The number of piperidine rings is 1. The van der Waals surface area contributed by atoms with Gasteiger partial charge in [0, 0.05) is 18.1 Å². The van der Waals surface area contributed by atoms with Crippen LogP contribution in [0.3, 0.4) is 0 Å². The third-order valence-corrected chi connectivity index (χ3v) is 5.23. The van der Waals surface area contributed by atoms with E-state index < -0.39 is 6.10 Å². The van der Waals surface area contributed by atoms with Crippen LogP contribution < -0.4 is 0 Å². The molecular formula is C21H26ClNO. The molecule has 0 amide bonds. The van der Waals surface area contributed by atoms with Gasteiger partial charge in [0.1, 0.15) is 0 Å². The van der Waals surface area contributed by atoms with E-state index in [0.29, 0.717) is 11.6 Å². The number of aliphatic hydroxyl groups excluding tert-OH is 1. The van der Waals surface area contributed by atoms with E-state index in [2.05, 4.69) is 35.2 Å². The van der Waals surface area contributed by atoms with Crippen LogP contribution in [0.1, 0.15) is 36.5 Å². The van der Waals surface area contributed by atoms with Crippen molar-refractivity contribution in [3.8, 4) is 0 Å². The summed E-state index contributed by atoms with van der Waals surface area (Å²) < 4.78 is 0. The van der Waals surface area contributed by atoms with Crippen molar-refractivity contribution in [2.24, 2.45) is 5.92 Å². The van der Waals surface area contributed by atoms with Gasteiger partial charge in [0.2, 0.25) is 0 Å². The summed E-state index contributed by atoms with van der Waals surface area (Å²) in [6.45, 7) is 2.90. The second kappa shape index (κ2) is 8.66. The van der Waals surface area contributed by atoms with E-state index in [0.717, 1.165) is 31.0 Å². The number of aliphatic hydroxyl groups is 1. The first kappa shape index (κ1) is 17.5. The van der Waals surface area contributed by atoms with Gasteiger partial charge in [0.15, 0.2) is 0 Å². The van der Waals surface area contributed by atoms with Crippen LogP contribution in [0.15, 0.2) is 54.6 Å². The fraction of sp³-hybridized carbons (Fsp3) is 0.429. The van der Waals surface area contributed by atoms with Crippen molar-refractivity contribution in [1.29, 1.82) is 0 Å². The Hall–Kier alpha value is -1.35. The summed E-state index contributed by atoms with van der Waals surface area (Å²) in [5, 5.41) is 11.2. The molecule has 3 rings (SSSR count). The zero-order valence-electron chi connectivity index (χ0n) is 14.1.